The Kier molecular flexibility index (Phi) is 10.1. The normalized spacial score (nSPS) is 15.3. The summed E-state index contributed by atoms with van der Waals surface area (Å²) in [7, 11) is 1.97. The van der Waals surface area contributed by atoms with Crippen LogP contribution in [0.1, 0.15) is 57.6 Å². The number of nitrogens with one attached hydrogen (secondary N) is 2. The molecule has 0 spiro atoms. The minimum absolute atomic E-state index is 0.0288. The van der Waals surface area contributed by atoms with Crippen molar-refractivity contribution in [3.63, 3.8) is 0 Å². The van der Waals surface area contributed by atoms with Gasteiger partial charge in [0.05, 0.1) is 11.8 Å². The van der Waals surface area contributed by atoms with Gasteiger partial charge in [-0.25, -0.2) is 14.3 Å². The molecule has 2 aliphatic heterocycles. The van der Waals surface area contributed by atoms with Gasteiger partial charge >= 0.3 is 12.2 Å². The number of amides is 4. The largest absolute Gasteiger partial charge is 0.418 e. The lowest BCUT2D eigenvalue weighted by atomic mass is 10.00. The fourth-order valence-corrected chi connectivity index (χ4v) is 6.91. The maximum absolute atomic E-state index is 14.5. The number of aromatic nitrogens is 3. The molecule has 11 nitrogen and oxygen atoms in total. The third-order valence-corrected chi connectivity index (χ3v) is 9.85. The van der Waals surface area contributed by atoms with E-state index in [0.717, 1.165) is 22.9 Å². The first-order chi connectivity index (χ1) is 25.9. The van der Waals surface area contributed by atoms with Crippen molar-refractivity contribution in [2.75, 3.05) is 41.8 Å². The van der Waals surface area contributed by atoms with E-state index in [1.807, 2.05) is 44.3 Å². The van der Waals surface area contributed by atoms with E-state index in [2.05, 4.69) is 37.5 Å². The molecule has 0 atom stereocenters. The van der Waals surface area contributed by atoms with Crippen molar-refractivity contribution in [1.29, 1.82) is 0 Å². The molecule has 0 aliphatic carbocycles. The molecule has 0 unspecified atom stereocenters. The van der Waals surface area contributed by atoms with E-state index in [9.17, 15) is 27.6 Å². The van der Waals surface area contributed by atoms with Crippen molar-refractivity contribution < 1.29 is 27.6 Å². The number of halogens is 3. The number of para-hydroxylation sites is 1. The molecular weight excluding hydrogens is 697 g/mol. The van der Waals surface area contributed by atoms with Gasteiger partial charge in [0.25, 0.3) is 5.91 Å². The van der Waals surface area contributed by atoms with Crippen molar-refractivity contribution in [3.05, 3.63) is 119 Å². The molecule has 0 bridgehead atoms. The Hall–Kier alpha value is -6.20. The zero-order valence-corrected chi connectivity index (χ0v) is 29.7. The van der Waals surface area contributed by atoms with E-state index in [0.29, 0.717) is 55.9 Å². The van der Waals surface area contributed by atoms with Crippen LogP contribution in [0.3, 0.4) is 0 Å². The molecule has 3 aromatic carbocycles. The molecule has 54 heavy (non-hydrogen) atoms. The van der Waals surface area contributed by atoms with Crippen LogP contribution in [0.4, 0.5) is 35.0 Å². The summed E-state index contributed by atoms with van der Waals surface area (Å²) in [6.45, 7) is 3.48. The van der Waals surface area contributed by atoms with Crippen molar-refractivity contribution in [2.45, 2.75) is 44.9 Å². The maximum atomic E-state index is 14.5. The first-order valence-corrected chi connectivity index (χ1v) is 17.5. The van der Waals surface area contributed by atoms with Crippen LogP contribution in [-0.4, -0.2) is 70.1 Å². The number of benzene rings is 3. The van der Waals surface area contributed by atoms with Gasteiger partial charge in [-0.1, -0.05) is 30.2 Å². The number of imidazole rings is 1. The van der Waals surface area contributed by atoms with Crippen LogP contribution in [0, 0.1) is 18.8 Å². The van der Waals surface area contributed by atoms with Crippen molar-refractivity contribution in [3.8, 4) is 11.8 Å². The molecule has 0 saturated carbocycles. The highest BCUT2D eigenvalue weighted by Gasteiger charge is 2.37. The van der Waals surface area contributed by atoms with Gasteiger partial charge in [-0.05, 0) is 92.4 Å². The molecule has 2 N–H and O–H groups in total. The van der Waals surface area contributed by atoms with Gasteiger partial charge in [-0.3, -0.25) is 24.7 Å². The van der Waals surface area contributed by atoms with Crippen LogP contribution in [0.25, 0.3) is 5.65 Å². The standard InChI is InChI=1S/C40H37F3N8O3/c1-26-9-10-28(22-27(26)11-13-32-24-44-36-8-5-18-45-51(32)36)38(53)46-30-12-14-35(33(23-30)40(41,42)43)49-19-15-31(16-20-49)48(2)25-29-6-3-4-7-34(29)50-21-17-37(52)47-39(50)54/h3-10,12,14,18,22-24,31H,15-17,19-21,25H2,1-2H3,(H,46,53)(H,47,52,54). The second-order valence-electron chi connectivity index (χ2n) is 13.4. The Morgan fingerprint density at radius 3 is 2.56 bits per heavy atom. The molecule has 2 saturated heterocycles. The number of nitrogens with zero attached hydrogens (tertiary/aromatic N) is 6. The van der Waals surface area contributed by atoms with Gasteiger partial charge in [-0.2, -0.15) is 18.3 Å². The zero-order valence-electron chi connectivity index (χ0n) is 29.7. The highest BCUT2D eigenvalue weighted by atomic mass is 19.4. The Balaban J connectivity index is 1.02. The Morgan fingerprint density at radius 2 is 1.78 bits per heavy atom. The van der Waals surface area contributed by atoms with Crippen LogP contribution < -0.4 is 20.4 Å². The number of urea groups is 1. The van der Waals surface area contributed by atoms with Gasteiger partial charge in [0, 0.05) is 73.0 Å². The van der Waals surface area contributed by atoms with Crippen molar-refractivity contribution in [1.82, 2.24) is 24.8 Å². The average Bonchev–Trinajstić information content (AvgIpc) is 3.57. The lowest BCUT2D eigenvalue weighted by Crippen LogP contribution is -2.50. The quantitative estimate of drug-likeness (QED) is 0.190. The van der Waals surface area contributed by atoms with Crippen molar-refractivity contribution in [2.24, 2.45) is 0 Å². The highest BCUT2D eigenvalue weighted by molar-refractivity contribution is 6.06. The molecule has 4 heterocycles. The summed E-state index contributed by atoms with van der Waals surface area (Å²) in [5, 5.41) is 9.26. The van der Waals surface area contributed by atoms with E-state index >= 15 is 0 Å². The molecule has 14 heteroatoms. The smallest absolute Gasteiger partial charge is 0.371 e. The van der Waals surface area contributed by atoms with Gasteiger partial charge in [0.1, 0.15) is 5.69 Å². The Morgan fingerprint density at radius 1 is 0.981 bits per heavy atom. The fraction of sp³-hybridized carbons (Fsp3) is 0.275. The van der Waals surface area contributed by atoms with E-state index in [1.54, 1.807) is 51.0 Å². The van der Waals surface area contributed by atoms with Crippen LogP contribution in [0.2, 0.25) is 0 Å². The Labute approximate surface area is 309 Å². The number of anilines is 3. The van der Waals surface area contributed by atoms with E-state index in [4.69, 9.17) is 0 Å². The van der Waals surface area contributed by atoms with E-state index in [-0.39, 0.29) is 35.3 Å². The number of hydrogen-bond acceptors (Lipinski definition) is 7. The van der Waals surface area contributed by atoms with Crippen LogP contribution in [0.5, 0.6) is 0 Å². The number of fused-ring (bicyclic) bond motifs is 1. The summed E-state index contributed by atoms with van der Waals surface area (Å²) in [5.41, 5.74) is 3.80. The summed E-state index contributed by atoms with van der Waals surface area (Å²) >= 11 is 0. The molecule has 2 aliphatic rings. The lowest BCUT2D eigenvalue weighted by molar-refractivity contribution is -0.137. The number of carbonyl (C=O) groups excluding carboxylic acids is 3. The predicted molar refractivity (Wildman–Crippen MR) is 198 cm³/mol. The number of piperidine rings is 1. The highest BCUT2D eigenvalue weighted by Crippen LogP contribution is 2.39. The average molecular weight is 735 g/mol. The second kappa shape index (κ2) is 15.0. The summed E-state index contributed by atoms with van der Waals surface area (Å²) in [5.74, 6) is 5.24. The molecule has 276 valence electrons. The minimum atomic E-state index is -4.65. The van der Waals surface area contributed by atoms with Crippen LogP contribution in [-0.2, 0) is 17.5 Å². The molecule has 7 rings (SSSR count). The second-order valence-corrected chi connectivity index (χ2v) is 13.4. The maximum Gasteiger partial charge on any atom is 0.418 e. The molecular formula is C40H37F3N8O3. The lowest BCUT2D eigenvalue weighted by Gasteiger charge is -2.39. The van der Waals surface area contributed by atoms with Gasteiger partial charge in [0.2, 0.25) is 5.91 Å². The molecule has 2 fully saturated rings. The first kappa shape index (κ1) is 36.2. The SMILES string of the molecule is Cc1ccc(C(=O)Nc2ccc(N3CCC(N(C)Cc4ccccc4N4CCC(=O)NC4=O)CC3)c(C(F)(F)F)c2)cc1C#Cc1cnc2cccnn12. The monoisotopic (exact) mass is 734 g/mol. The summed E-state index contributed by atoms with van der Waals surface area (Å²) in [6.07, 6.45) is 0.0490. The molecule has 4 amide bonds. The van der Waals surface area contributed by atoms with Gasteiger partial charge < -0.3 is 10.2 Å². The molecule has 0 radical (unpaired) electrons. The van der Waals surface area contributed by atoms with E-state index in [1.165, 1.54) is 12.1 Å². The minimum Gasteiger partial charge on any atom is -0.371 e. The number of alkyl halides is 3. The molecule has 2 aromatic heterocycles. The predicted octanol–water partition coefficient (Wildman–Crippen LogP) is 6.26. The molecule has 5 aromatic rings. The summed E-state index contributed by atoms with van der Waals surface area (Å²) in [4.78, 5) is 47.2. The van der Waals surface area contributed by atoms with Gasteiger partial charge in [0.15, 0.2) is 5.65 Å². The van der Waals surface area contributed by atoms with Gasteiger partial charge in [-0.15, -0.1) is 0 Å². The van der Waals surface area contributed by atoms with Crippen molar-refractivity contribution >= 4 is 40.6 Å². The summed E-state index contributed by atoms with van der Waals surface area (Å²) in [6, 6.07) is 19.6. The number of imide groups is 1. The zero-order chi connectivity index (χ0) is 38.0. The summed E-state index contributed by atoms with van der Waals surface area (Å²) < 4.78 is 45.1. The first-order valence-electron chi connectivity index (χ1n) is 17.5. The van der Waals surface area contributed by atoms with E-state index < -0.39 is 23.7 Å². The number of aryl methyl sites for hydroxylation is 1. The fourth-order valence-electron chi connectivity index (χ4n) is 6.91. The number of carbonyl (C=O) groups is 3. The third kappa shape index (κ3) is 7.77. The number of hydrogen-bond donors (Lipinski definition) is 2. The topological polar surface area (TPSA) is 115 Å². The number of rotatable bonds is 7. The Bertz CT molecular complexity index is 2300. The van der Waals surface area contributed by atoms with Crippen LogP contribution in [0.15, 0.2) is 85.2 Å². The van der Waals surface area contributed by atoms with Crippen LogP contribution >= 0.6 is 0 Å². The third-order valence-electron chi connectivity index (χ3n) is 9.85.